The SMILES string of the molecule is CCCCC(CC)C(=O)NCCc1ncn[nH]1. The van der Waals surface area contributed by atoms with Gasteiger partial charge in [0.15, 0.2) is 0 Å². The molecule has 1 rings (SSSR count). The summed E-state index contributed by atoms with van der Waals surface area (Å²) in [5, 5.41) is 9.49. The molecule has 0 saturated carbocycles. The van der Waals surface area contributed by atoms with Gasteiger partial charge in [-0.05, 0) is 12.8 Å². The summed E-state index contributed by atoms with van der Waals surface area (Å²) in [4.78, 5) is 15.9. The van der Waals surface area contributed by atoms with E-state index in [0.717, 1.165) is 31.5 Å². The van der Waals surface area contributed by atoms with Crippen LogP contribution in [0.25, 0.3) is 0 Å². The Morgan fingerprint density at radius 2 is 2.35 bits per heavy atom. The van der Waals surface area contributed by atoms with Crippen molar-refractivity contribution in [1.29, 1.82) is 0 Å². The monoisotopic (exact) mass is 238 g/mol. The molecule has 1 unspecified atom stereocenters. The maximum Gasteiger partial charge on any atom is 0.223 e. The van der Waals surface area contributed by atoms with Crippen molar-refractivity contribution in [2.24, 2.45) is 5.92 Å². The molecule has 1 aromatic heterocycles. The predicted octanol–water partition coefficient (Wildman–Crippen LogP) is 1.68. The fraction of sp³-hybridized carbons (Fsp3) is 0.750. The van der Waals surface area contributed by atoms with Gasteiger partial charge in [-0.3, -0.25) is 9.89 Å². The van der Waals surface area contributed by atoms with E-state index in [-0.39, 0.29) is 11.8 Å². The largest absolute Gasteiger partial charge is 0.355 e. The molecule has 1 amide bonds. The molecule has 1 heterocycles. The number of hydrogen-bond acceptors (Lipinski definition) is 3. The molecule has 0 aliphatic rings. The van der Waals surface area contributed by atoms with Crippen molar-refractivity contribution >= 4 is 5.91 Å². The van der Waals surface area contributed by atoms with Crippen molar-refractivity contribution in [3.05, 3.63) is 12.2 Å². The minimum atomic E-state index is 0.157. The van der Waals surface area contributed by atoms with E-state index in [1.807, 2.05) is 0 Å². The van der Waals surface area contributed by atoms with Crippen LogP contribution in [0.5, 0.6) is 0 Å². The van der Waals surface area contributed by atoms with Gasteiger partial charge < -0.3 is 5.32 Å². The predicted molar refractivity (Wildman–Crippen MR) is 66.4 cm³/mol. The van der Waals surface area contributed by atoms with Crippen LogP contribution in [-0.4, -0.2) is 27.6 Å². The third kappa shape index (κ3) is 4.97. The second-order valence-corrected chi connectivity index (χ2v) is 4.22. The topological polar surface area (TPSA) is 70.7 Å². The molecule has 0 aromatic carbocycles. The molecule has 0 aliphatic heterocycles. The number of rotatable bonds is 8. The summed E-state index contributed by atoms with van der Waals surface area (Å²) in [5.41, 5.74) is 0. The Morgan fingerprint density at radius 1 is 1.53 bits per heavy atom. The van der Waals surface area contributed by atoms with Crippen molar-refractivity contribution < 1.29 is 4.79 Å². The van der Waals surface area contributed by atoms with Crippen LogP contribution < -0.4 is 5.32 Å². The number of H-pyrrole nitrogens is 1. The van der Waals surface area contributed by atoms with Gasteiger partial charge >= 0.3 is 0 Å². The molecule has 1 atom stereocenters. The quantitative estimate of drug-likeness (QED) is 0.724. The van der Waals surface area contributed by atoms with Gasteiger partial charge in [-0.15, -0.1) is 0 Å². The molecule has 0 fully saturated rings. The second-order valence-electron chi connectivity index (χ2n) is 4.22. The molecule has 0 radical (unpaired) electrons. The molecular weight excluding hydrogens is 216 g/mol. The smallest absolute Gasteiger partial charge is 0.223 e. The summed E-state index contributed by atoms with van der Waals surface area (Å²) >= 11 is 0. The molecule has 0 bridgehead atoms. The number of nitrogens with zero attached hydrogens (tertiary/aromatic N) is 2. The first-order chi connectivity index (χ1) is 8.27. The summed E-state index contributed by atoms with van der Waals surface area (Å²) < 4.78 is 0. The molecule has 0 spiro atoms. The van der Waals surface area contributed by atoms with Gasteiger partial charge in [0.25, 0.3) is 0 Å². The number of nitrogens with one attached hydrogen (secondary N) is 2. The molecule has 2 N–H and O–H groups in total. The molecule has 5 nitrogen and oxygen atoms in total. The van der Waals surface area contributed by atoms with Gasteiger partial charge in [0.2, 0.25) is 5.91 Å². The third-order valence-corrected chi connectivity index (χ3v) is 2.90. The maximum atomic E-state index is 11.9. The van der Waals surface area contributed by atoms with Crippen LogP contribution in [0, 0.1) is 5.92 Å². The summed E-state index contributed by atoms with van der Waals surface area (Å²) in [6.07, 6.45) is 6.34. The number of carbonyl (C=O) groups excluding carboxylic acids is 1. The van der Waals surface area contributed by atoms with Gasteiger partial charge in [0.05, 0.1) is 0 Å². The minimum absolute atomic E-state index is 0.157. The fourth-order valence-electron chi connectivity index (χ4n) is 1.77. The van der Waals surface area contributed by atoms with Crippen LogP contribution in [0.15, 0.2) is 6.33 Å². The zero-order valence-corrected chi connectivity index (χ0v) is 10.7. The average Bonchev–Trinajstić information content (AvgIpc) is 2.83. The fourth-order valence-corrected chi connectivity index (χ4v) is 1.77. The van der Waals surface area contributed by atoms with E-state index in [9.17, 15) is 4.79 Å². The highest BCUT2D eigenvalue weighted by atomic mass is 16.1. The first kappa shape index (κ1) is 13.7. The van der Waals surface area contributed by atoms with Gasteiger partial charge in [-0.2, -0.15) is 5.10 Å². The Hall–Kier alpha value is -1.39. The maximum absolute atomic E-state index is 11.9. The van der Waals surface area contributed by atoms with Crippen molar-refractivity contribution in [3.8, 4) is 0 Å². The Kier molecular flexibility index (Phi) is 6.29. The Balaban J connectivity index is 2.22. The van der Waals surface area contributed by atoms with Crippen LogP contribution in [0.3, 0.4) is 0 Å². The normalized spacial score (nSPS) is 12.4. The van der Waals surface area contributed by atoms with E-state index >= 15 is 0 Å². The molecular formula is C12H22N4O. The molecule has 5 heteroatoms. The molecule has 0 saturated heterocycles. The van der Waals surface area contributed by atoms with Gasteiger partial charge in [0, 0.05) is 18.9 Å². The summed E-state index contributed by atoms with van der Waals surface area (Å²) in [7, 11) is 0. The lowest BCUT2D eigenvalue weighted by atomic mass is 9.98. The van der Waals surface area contributed by atoms with Crippen molar-refractivity contribution in [2.75, 3.05) is 6.54 Å². The highest BCUT2D eigenvalue weighted by Gasteiger charge is 2.14. The lowest BCUT2D eigenvalue weighted by Gasteiger charge is -2.14. The lowest BCUT2D eigenvalue weighted by Crippen LogP contribution is -2.32. The highest BCUT2D eigenvalue weighted by Crippen LogP contribution is 2.12. The third-order valence-electron chi connectivity index (χ3n) is 2.90. The van der Waals surface area contributed by atoms with Gasteiger partial charge in [0.1, 0.15) is 12.2 Å². The summed E-state index contributed by atoms with van der Waals surface area (Å²) in [6.45, 7) is 4.83. The average molecular weight is 238 g/mol. The van der Waals surface area contributed by atoms with E-state index < -0.39 is 0 Å². The van der Waals surface area contributed by atoms with Gasteiger partial charge in [-0.25, -0.2) is 4.98 Å². The van der Waals surface area contributed by atoms with Crippen LogP contribution in [0.4, 0.5) is 0 Å². The van der Waals surface area contributed by atoms with E-state index in [1.165, 1.54) is 6.33 Å². The number of amides is 1. The Morgan fingerprint density at radius 3 is 2.94 bits per heavy atom. The van der Waals surface area contributed by atoms with E-state index in [0.29, 0.717) is 13.0 Å². The number of aromatic nitrogens is 3. The molecule has 96 valence electrons. The van der Waals surface area contributed by atoms with Crippen LogP contribution >= 0.6 is 0 Å². The minimum Gasteiger partial charge on any atom is -0.355 e. The van der Waals surface area contributed by atoms with Gasteiger partial charge in [-0.1, -0.05) is 26.7 Å². The number of hydrogen-bond donors (Lipinski definition) is 2. The summed E-state index contributed by atoms with van der Waals surface area (Å²) in [5.74, 6) is 1.14. The van der Waals surface area contributed by atoms with Crippen LogP contribution in [0.1, 0.15) is 45.4 Å². The standard InChI is InChI=1S/C12H22N4O/c1-3-5-6-10(4-2)12(17)13-8-7-11-14-9-15-16-11/h9-10H,3-8H2,1-2H3,(H,13,17)(H,14,15,16). The molecule has 1 aromatic rings. The van der Waals surface area contributed by atoms with Crippen molar-refractivity contribution in [1.82, 2.24) is 20.5 Å². The Bertz CT molecular complexity index is 310. The Labute approximate surface area is 102 Å². The van der Waals surface area contributed by atoms with E-state index in [2.05, 4.69) is 34.3 Å². The zero-order valence-electron chi connectivity index (χ0n) is 10.7. The van der Waals surface area contributed by atoms with Crippen LogP contribution in [-0.2, 0) is 11.2 Å². The number of unbranched alkanes of at least 4 members (excludes halogenated alkanes) is 1. The van der Waals surface area contributed by atoms with E-state index in [1.54, 1.807) is 0 Å². The highest BCUT2D eigenvalue weighted by molar-refractivity contribution is 5.78. The van der Waals surface area contributed by atoms with Crippen molar-refractivity contribution in [3.63, 3.8) is 0 Å². The summed E-state index contributed by atoms with van der Waals surface area (Å²) in [6, 6.07) is 0. The number of aromatic amines is 1. The first-order valence-corrected chi connectivity index (χ1v) is 6.39. The first-order valence-electron chi connectivity index (χ1n) is 6.39. The van der Waals surface area contributed by atoms with Crippen molar-refractivity contribution in [2.45, 2.75) is 46.0 Å². The molecule has 17 heavy (non-hydrogen) atoms. The van der Waals surface area contributed by atoms with Crippen LogP contribution in [0.2, 0.25) is 0 Å². The lowest BCUT2D eigenvalue weighted by molar-refractivity contribution is -0.125. The second kappa shape index (κ2) is 7.81. The molecule has 0 aliphatic carbocycles. The zero-order chi connectivity index (χ0) is 12.5. The van der Waals surface area contributed by atoms with E-state index in [4.69, 9.17) is 0 Å². The number of carbonyl (C=O) groups is 1.